The monoisotopic (exact) mass is 442 g/mol. The molecular weight excluding hydrogens is 415 g/mol. The molecule has 0 aliphatic heterocycles. The summed E-state index contributed by atoms with van der Waals surface area (Å²) >= 11 is 0. The Bertz CT molecular complexity index is 1010. The second-order valence-corrected chi connectivity index (χ2v) is 11.3. The van der Waals surface area contributed by atoms with E-state index in [1.165, 1.54) is 28.6 Å². The van der Waals surface area contributed by atoms with Gasteiger partial charge < -0.3 is 0 Å². The summed E-state index contributed by atoms with van der Waals surface area (Å²) < 4.78 is 67.6. The molecule has 160 valence electrons. The van der Waals surface area contributed by atoms with E-state index in [-0.39, 0.29) is 27.3 Å². The van der Waals surface area contributed by atoms with Crippen LogP contribution < -0.4 is 4.72 Å². The van der Waals surface area contributed by atoms with Gasteiger partial charge in [0.2, 0.25) is 10.0 Å². The molecule has 29 heavy (non-hydrogen) atoms. The lowest BCUT2D eigenvalue weighted by Crippen LogP contribution is -2.37. The van der Waals surface area contributed by atoms with Crippen molar-refractivity contribution in [3.8, 4) is 0 Å². The van der Waals surface area contributed by atoms with Crippen molar-refractivity contribution in [1.82, 2.24) is 4.31 Å². The van der Waals surface area contributed by atoms with Crippen LogP contribution in [0.15, 0.2) is 58.3 Å². The first-order valence-corrected chi connectivity index (χ1v) is 12.2. The molecule has 0 saturated heterocycles. The second kappa shape index (κ2) is 9.23. The van der Waals surface area contributed by atoms with E-state index in [1.807, 2.05) is 27.7 Å². The molecule has 1 N–H and O–H groups in total. The highest BCUT2D eigenvalue weighted by Gasteiger charge is 2.26. The smallest absolute Gasteiger partial charge is 0.261 e. The number of rotatable bonds is 9. The van der Waals surface area contributed by atoms with Gasteiger partial charge in [-0.1, -0.05) is 27.7 Å². The summed E-state index contributed by atoms with van der Waals surface area (Å²) in [7, 11) is -7.60. The Labute approximate surface area is 172 Å². The molecular formula is C20H27FN2O4S2. The van der Waals surface area contributed by atoms with Crippen LogP contribution >= 0.6 is 0 Å². The first kappa shape index (κ1) is 23.3. The molecule has 0 saturated carbocycles. The molecule has 0 fully saturated rings. The number of benzene rings is 2. The Kier molecular flexibility index (Phi) is 7.42. The number of halogens is 1. The van der Waals surface area contributed by atoms with Crippen LogP contribution in [-0.4, -0.2) is 34.2 Å². The Balaban J connectivity index is 2.25. The van der Waals surface area contributed by atoms with Crippen molar-refractivity contribution >= 4 is 25.7 Å². The Morgan fingerprint density at radius 1 is 0.793 bits per heavy atom. The van der Waals surface area contributed by atoms with Crippen LogP contribution in [0.4, 0.5) is 10.1 Å². The molecule has 2 aromatic rings. The van der Waals surface area contributed by atoms with E-state index in [0.717, 1.165) is 24.3 Å². The van der Waals surface area contributed by atoms with Gasteiger partial charge in [-0.05, 0) is 60.4 Å². The zero-order chi connectivity index (χ0) is 21.8. The lowest BCUT2D eigenvalue weighted by atomic mass is 10.2. The van der Waals surface area contributed by atoms with Crippen LogP contribution in [0.2, 0.25) is 0 Å². The Morgan fingerprint density at radius 2 is 1.24 bits per heavy atom. The number of hydrogen-bond donors (Lipinski definition) is 1. The van der Waals surface area contributed by atoms with Crippen LogP contribution in [0, 0.1) is 17.7 Å². The molecule has 0 amide bonds. The lowest BCUT2D eigenvalue weighted by Gasteiger charge is -2.25. The highest BCUT2D eigenvalue weighted by atomic mass is 32.2. The minimum atomic E-state index is -3.90. The zero-order valence-corrected chi connectivity index (χ0v) is 18.6. The minimum Gasteiger partial charge on any atom is -0.280 e. The predicted octanol–water partition coefficient (Wildman–Crippen LogP) is 3.93. The third-order valence-corrected chi connectivity index (χ3v) is 7.25. The molecule has 0 heterocycles. The second-order valence-electron chi connectivity index (χ2n) is 7.69. The quantitative estimate of drug-likeness (QED) is 0.638. The van der Waals surface area contributed by atoms with Gasteiger partial charge in [0.15, 0.2) is 0 Å². The molecule has 0 bridgehead atoms. The Morgan fingerprint density at radius 3 is 1.69 bits per heavy atom. The predicted molar refractivity (Wildman–Crippen MR) is 112 cm³/mol. The van der Waals surface area contributed by atoms with Crippen molar-refractivity contribution < 1.29 is 21.2 Å². The van der Waals surface area contributed by atoms with Crippen LogP contribution in [0.25, 0.3) is 0 Å². The van der Waals surface area contributed by atoms with E-state index in [1.54, 1.807) is 0 Å². The van der Waals surface area contributed by atoms with Crippen LogP contribution in [0.1, 0.15) is 27.7 Å². The number of anilines is 1. The van der Waals surface area contributed by atoms with E-state index < -0.39 is 25.9 Å². The van der Waals surface area contributed by atoms with E-state index in [2.05, 4.69) is 4.72 Å². The summed E-state index contributed by atoms with van der Waals surface area (Å²) in [5, 5.41) is 0. The van der Waals surface area contributed by atoms with Gasteiger partial charge in [-0.15, -0.1) is 0 Å². The number of hydrogen-bond acceptors (Lipinski definition) is 4. The van der Waals surface area contributed by atoms with Crippen molar-refractivity contribution in [3.63, 3.8) is 0 Å². The number of sulfonamides is 2. The maximum Gasteiger partial charge on any atom is 0.261 e. The first-order chi connectivity index (χ1) is 13.4. The molecule has 2 aromatic carbocycles. The van der Waals surface area contributed by atoms with Crippen molar-refractivity contribution in [2.75, 3.05) is 17.8 Å². The molecule has 0 atom stereocenters. The van der Waals surface area contributed by atoms with E-state index >= 15 is 0 Å². The summed E-state index contributed by atoms with van der Waals surface area (Å²) in [5.41, 5.74) is 0.215. The van der Waals surface area contributed by atoms with Crippen molar-refractivity contribution in [2.24, 2.45) is 11.8 Å². The van der Waals surface area contributed by atoms with Crippen LogP contribution in [0.3, 0.4) is 0 Å². The largest absolute Gasteiger partial charge is 0.280 e. The fraction of sp³-hybridized carbons (Fsp3) is 0.400. The van der Waals surface area contributed by atoms with Crippen LogP contribution in [-0.2, 0) is 20.0 Å². The van der Waals surface area contributed by atoms with Crippen molar-refractivity contribution in [3.05, 3.63) is 54.3 Å². The topological polar surface area (TPSA) is 83.6 Å². The molecule has 0 spiro atoms. The molecule has 2 rings (SSSR count). The molecule has 0 aliphatic carbocycles. The molecule has 0 aromatic heterocycles. The molecule has 0 unspecified atom stereocenters. The highest BCUT2D eigenvalue weighted by molar-refractivity contribution is 7.92. The van der Waals surface area contributed by atoms with Gasteiger partial charge in [-0.2, -0.15) is 4.31 Å². The fourth-order valence-electron chi connectivity index (χ4n) is 2.76. The van der Waals surface area contributed by atoms with Gasteiger partial charge in [0.25, 0.3) is 10.0 Å². The van der Waals surface area contributed by atoms with Gasteiger partial charge in [-0.3, -0.25) is 4.72 Å². The lowest BCUT2D eigenvalue weighted by molar-refractivity contribution is 0.333. The highest BCUT2D eigenvalue weighted by Crippen LogP contribution is 2.22. The SMILES string of the molecule is CC(C)CN(CC(C)C)S(=O)(=O)c1ccc(NS(=O)(=O)c2ccc(F)cc2)cc1. The van der Waals surface area contributed by atoms with E-state index in [0.29, 0.717) is 13.1 Å². The summed E-state index contributed by atoms with van der Waals surface area (Å²) in [4.78, 5) is 0.0131. The molecule has 6 nitrogen and oxygen atoms in total. The Hall–Kier alpha value is -1.97. The molecule has 0 radical (unpaired) electrons. The van der Waals surface area contributed by atoms with Gasteiger partial charge in [-0.25, -0.2) is 21.2 Å². The van der Waals surface area contributed by atoms with Gasteiger partial charge >= 0.3 is 0 Å². The summed E-state index contributed by atoms with van der Waals surface area (Å²) in [6, 6.07) is 9.99. The molecule has 9 heteroatoms. The number of nitrogens with one attached hydrogen (secondary N) is 1. The normalized spacial score (nSPS) is 12.7. The first-order valence-electron chi connectivity index (χ1n) is 9.30. The summed E-state index contributed by atoms with van der Waals surface area (Å²) in [5.74, 6) is -0.193. The van der Waals surface area contributed by atoms with Crippen LogP contribution in [0.5, 0.6) is 0 Å². The minimum absolute atomic E-state index is 0.0874. The van der Waals surface area contributed by atoms with Gasteiger partial charge in [0.1, 0.15) is 5.82 Å². The van der Waals surface area contributed by atoms with E-state index in [4.69, 9.17) is 0 Å². The third kappa shape index (κ3) is 6.25. The van der Waals surface area contributed by atoms with Gasteiger partial charge in [0.05, 0.1) is 9.79 Å². The zero-order valence-electron chi connectivity index (χ0n) is 17.0. The maximum atomic E-state index is 13.0. The van der Waals surface area contributed by atoms with Crippen molar-refractivity contribution in [1.29, 1.82) is 0 Å². The molecule has 0 aliphatic rings. The summed E-state index contributed by atoms with van der Waals surface area (Å²) in [6.45, 7) is 8.62. The van der Waals surface area contributed by atoms with Gasteiger partial charge in [0, 0.05) is 18.8 Å². The van der Waals surface area contributed by atoms with E-state index in [9.17, 15) is 21.2 Å². The summed E-state index contributed by atoms with van der Waals surface area (Å²) in [6.07, 6.45) is 0. The van der Waals surface area contributed by atoms with Crippen molar-refractivity contribution in [2.45, 2.75) is 37.5 Å². The number of nitrogens with zero attached hydrogens (tertiary/aromatic N) is 1. The average Bonchev–Trinajstić information content (AvgIpc) is 2.61. The average molecular weight is 443 g/mol. The standard InChI is InChI=1S/C20H27FN2O4S2/c1-15(2)13-23(14-16(3)4)29(26,27)20-11-7-18(8-12-20)22-28(24,25)19-9-5-17(21)6-10-19/h5-12,15-16,22H,13-14H2,1-4H3. The fourth-order valence-corrected chi connectivity index (χ4v) is 5.58. The third-order valence-electron chi connectivity index (χ3n) is 4.01. The maximum absolute atomic E-state index is 13.0.